The molecule has 0 heterocycles. The van der Waals surface area contributed by atoms with Crippen LogP contribution in [0, 0.1) is 5.82 Å². The predicted molar refractivity (Wildman–Crippen MR) is 74.7 cm³/mol. The number of benzene rings is 1. The second-order valence-corrected chi connectivity index (χ2v) is 5.63. The molecule has 0 unspecified atom stereocenters. The molecule has 0 amide bonds. The molecular weight excluding hydrogens is 249 g/mol. The average molecular weight is 270 g/mol. The van der Waals surface area contributed by atoms with Crippen LogP contribution >= 0.6 is 11.6 Å². The third-order valence-electron chi connectivity index (χ3n) is 4.05. The first-order chi connectivity index (χ1) is 8.69. The van der Waals surface area contributed by atoms with Crippen LogP contribution in [0.2, 0.25) is 5.02 Å². The second-order valence-electron chi connectivity index (χ2n) is 5.22. The molecule has 1 nitrogen and oxygen atoms in total. The van der Waals surface area contributed by atoms with Crippen LogP contribution in [0.15, 0.2) is 18.2 Å². The van der Waals surface area contributed by atoms with Gasteiger partial charge in [-0.1, -0.05) is 49.9 Å². The summed E-state index contributed by atoms with van der Waals surface area (Å²) in [7, 11) is 0. The van der Waals surface area contributed by atoms with Crippen molar-refractivity contribution in [3.05, 3.63) is 34.6 Å². The van der Waals surface area contributed by atoms with E-state index in [9.17, 15) is 4.39 Å². The third-order valence-corrected chi connectivity index (χ3v) is 4.34. The summed E-state index contributed by atoms with van der Waals surface area (Å²) < 4.78 is 14.3. The molecule has 0 aliphatic heterocycles. The molecule has 0 atom stereocenters. The van der Waals surface area contributed by atoms with E-state index in [4.69, 9.17) is 11.6 Å². The van der Waals surface area contributed by atoms with Crippen LogP contribution in [0.1, 0.15) is 44.6 Å². The molecule has 1 aromatic carbocycles. The normalized spacial score (nSPS) is 18.8. The van der Waals surface area contributed by atoms with E-state index >= 15 is 0 Å². The fourth-order valence-electron chi connectivity index (χ4n) is 3.05. The van der Waals surface area contributed by atoms with Gasteiger partial charge in [0.2, 0.25) is 0 Å². The number of rotatable bonds is 4. The largest absolute Gasteiger partial charge is 0.316 e. The van der Waals surface area contributed by atoms with Crippen LogP contribution in [0.3, 0.4) is 0 Å². The molecular formula is C15H21ClFN. The summed E-state index contributed by atoms with van der Waals surface area (Å²) in [6.07, 6.45) is 5.72. The predicted octanol–water partition coefficient (Wildman–Crippen LogP) is 4.29. The molecule has 0 saturated heterocycles. The van der Waals surface area contributed by atoms with E-state index in [1.807, 2.05) is 12.1 Å². The summed E-state index contributed by atoms with van der Waals surface area (Å²) in [5.41, 5.74) is 0.735. The standard InChI is InChI=1S/C15H21ClFN/c1-2-18-11-15(9-4-3-5-10-15)12-7-6-8-13(16)14(12)17/h6-8,18H,2-5,9-11H2,1H3. The smallest absolute Gasteiger partial charge is 0.145 e. The zero-order valence-electron chi connectivity index (χ0n) is 10.9. The Kier molecular flexibility index (Phi) is 4.63. The lowest BCUT2D eigenvalue weighted by molar-refractivity contribution is 0.273. The van der Waals surface area contributed by atoms with Gasteiger partial charge in [0.1, 0.15) is 5.82 Å². The van der Waals surface area contributed by atoms with E-state index in [-0.39, 0.29) is 16.3 Å². The number of hydrogen-bond acceptors (Lipinski definition) is 1. The minimum absolute atomic E-state index is 0.0662. The first-order valence-corrected chi connectivity index (χ1v) is 7.22. The molecule has 1 saturated carbocycles. The molecule has 1 fully saturated rings. The SMILES string of the molecule is CCNCC1(c2cccc(Cl)c2F)CCCCC1. The average Bonchev–Trinajstić information content (AvgIpc) is 2.40. The molecule has 0 spiro atoms. The van der Waals surface area contributed by atoms with E-state index in [1.54, 1.807) is 6.07 Å². The molecule has 1 N–H and O–H groups in total. The lowest BCUT2D eigenvalue weighted by Gasteiger charge is -2.38. The van der Waals surface area contributed by atoms with E-state index in [0.29, 0.717) is 0 Å². The third kappa shape index (κ3) is 2.70. The summed E-state index contributed by atoms with van der Waals surface area (Å²) in [6.45, 7) is 3.86. The van der Waals surface area contributed by atoms with Crippen LogP contribution in [0.4, 0.5) is 4.39 Å². The van der Waals surface area contributed by atoms with Crippen molar-refractivity contribution in [2.24, 2.45) is 0 Å². The summed E-state index contributed by atoms with van der Waals surface area (Å²) in [5, 5.41) is 3.64. The fourth-order valence-corrected chi connectivity index (χ4v) is 3.22. The maximum atomic E-state index is 14.3. The van der Waals surface area contributed by atoms with Gasteiger partial charge in [-0.25, -0.2) is 4.39 Å². The molecule has 0 aromatic heterocycles. The Balaban J connectivity index is 2.35. The molecule has 3 heteroatoms. The van der Waals surface area contributed by atoms with Crippen LogP contribution < -0.4 is 5.32 Å². The first-order valence-electron chi connectivity index (χ1n) is 6.85. The van der Waals surface area contributed by atoms with Gasteiger partial charge in [0.15, 0.2) is 0 Å². The highest BCUT2D eigenvalue weighted by Crippen LogP contribution is 2.41. The second kappa shape index (κ2) is 6.03. The van der Waals surface area contributed by atoms with Gasteiger partial charge in [0.25, 0.3) is 0 Å². The first kappa shape index (κ1) is 13.8. The zero-order valence-corrected chi connectivity index (χ0v) is 11.7. The molecule has 2 rings (SSSR count). The number of halogens is 2. The van der Waals surface area contributed by atoms with Gasteiger partial charge in [0, 0.05) is 12.0 Å². The van der Waals surface area contributed by atoms with Gasteiger partial charge in [-0.05, 0) is 31.0 Å². The van der Waals surface area contributed by atoms with Crippen molar-refractivity contribution in [1.82, 2.24) is 5.32 Å². The Labute approximate surface area is 114 Å². The minimum Gasteiger partial charge on any atom is -0.316 e. The maximum absolute atomic E-state index is 14.3. The highest BCUT2D eigenvalue weighted by Gasteiger charge is 2.36. The van der Waals surface area contributed by atoms with E-state index in [2.05, 4.69) is 12.2 Å². The Morgan fingerprint density at radius 3 is 2.67 bits per heavy atom. The van der Waals surface area contributed by atoms with E-state index < -0.39 is 0 Å². The summed E-state index contributed by atoms with van der Waals surface area (Å²) >= 11 is 5.93. The van der Waals surface area contributed by atoms with E-state index in [1.165, 1.54) is 19.3 Å². The lowest BCUT2D eigenvalue weighted by Crippen LogP contribution is -2.40. The molecule has 0 bridgehead atoms. The summed E-state index contributed by atoms with van der Waals surface area (Å²) in [5.74, 6) is -0.223. The van der Waals surface area contributed by atoms with Crippen molar-refractivity contribution in [2.75, 3.05) is 13.1 Å². The monoisotopic (exact) mass is 269 g/mol. The molecule has 18 heavy (non-hydrogen) atoms. The van der Waals surface area contributed by atoms with Gasteiger partial charge >= 0.3 is 0 Å². The van der Waals surface area contributed by atoms with Crippen molar-refractivity contribution >= 4 is 11.6 Å². The van der Waals surface area contributed by atoms with Crippen molar-refractivity contribution in [2.45, 2.75) is 44.4 Å². The Bertz CT molecular complexity index is 399. The summed E-state index contributed by atoms with van der Waals surface area (Å²) in [4.78, 5) is 0. The highest BCUT2D eigenvalue weighted by atomic mass is 35.5. The topological polar surface area (TPSA) is 12.0 Å². The maximum Gasteiger partial charge on any atom is 0.145 e. The quantitative estimate of drug-likeness (QED) is 0.860. The van der Waals surface area contributed by atoms with Crippen molar-refractivity contribution in [1.29, 1.82) is 0 Å². The van der Waals surface area contributed by atoms with Crippen LogP contribution in [-0.4, -0.2) is 13.1 Å². The van der Waals surface area contributed by atoms with Crippen molar-refractivity contribution in [3.8, 4) is 0 Å². The molecule has 1 aliphatic rings. The molecule has 1 aliphatic carbocycles. The van der Waals surface area contributed by atoms with Crippen molar-refractivity contribution in [3.63, 3.8) is 0 Å². The van der Waals surface area contributed by atoms with Crippen LogP contribution in [-0.2, 0) is 5.41 Å². The zero-order chi connectivity index (χ0) is 13.0. The number of likely N-dealkylation sites (N-methyl/N-ethyl adjacent to an activating group) is 1. The number of nitrogens with one attached hydrogen (secondary N) is 1. The van der Waals surface area contributed by atoms with E-state index in [0.717, 1.165) is 31.5 Å². The van der Waals surface area contributed by atoms with Crippen LogP contribution in [0.5, 0.6) is 0 Å². The van der Waals surface area contributed by atoms with Gasteiger partial charge in [-0.3, -0.25) is 0 Å². The molecule has 100 valence electrons. The number of hydrogen-bond donors (Lipinski definition) is 1. The summed E-state index contributed by atoms with van der Waals surface area (Å²) in [6, 6.07) is 5.40. The molecule has 0 radical (unpaired) electrons. The Hall–Kier alpha value is -0.600. The van der Waals surface area contributed by atoms with Gasteiger partial charge < -0.3 is 5.32 Å². The van der Waals surface area contributed by atoms with Gasteiger partial charge in [0.05, 0.1) is 5.02 Å². The van der Waals surface area contributed by atoms with Gasteiger partial charge in [-0.15, -0.1) is 0 Å². The fraction of sp³-hybridized carbons (Fsp3) is 0.600. The molecule has 1 aromatic rings. The highest BCUT2D eigenvalue weighted by molar-refractivity contribution is 6.30. The lowest BCUT2D eigenvalue weighted by atomic mass is 9.69. The Morgan fingerprint density at radius 2 is 2.00 bits per heavy atom. The minimum atomic E-state index is -0.223. The van der Waals surface area contributed by atoms with Gasteiger partial charge in [-0.2, -0.15) is 0 Å². The van der Waals surface area contributed by atoms with Crippen LogP contribution in [0.25, 0.3) is 0 Å². The Morgan fingerprint density at radius 1 is 1.28 bits per heavy atom. The van der Waals surface area contributed by atoms with Crippen molar-refractivity contribution < 1.29 is 4.39 Å².